The smallest absolute Gasteiger partial charge is 0.317 e. The highest BCUT2D eigenvalue weighted by Crippen LogP contribution is 2.13. The molecule has 1 N–H and O–H groups in total. The Morgan fingerprint density at radius 2 is 1.95 bits per heavy atom. The minimum Gasteiger partial charge on any atom is -0.480 e. The molecule has 0 aliphatic rings. The number of aliphatic carboxylic acids is 1. The zero-order chi connectivity index (χ0) is 16.1. The van der Waals surface area contributed by atoms with Gasteiger partial charge in [-0.1, -0.05) is 6.07 Å². The number of halogens is 2. The van der Waals surface area contributed by atoms with E-state index in [4.69, 9.17) is 5.11 Å². The van der Waals surface area contributed by atoms with Crippen molar-refractivity contribution < 1.29 is 18.7 Å². The van der Waals surface area contributed by atoms with Crippen LogP contribution in [0.2, 0.25) is 0 Å². The number of hydrogen-bond donors (Lipinski definition) is 1. The van der Waals surface area contributed by atoms with Gasteiger partial charge < -0.3 is 5.11 Å². The molecule has 2 aromatic rings. The summed E-state index contributed by atoms with van der Waals surface area (Å²) in [4.78, 5) is 16.8. The van der Waals surface area contributed by atoms with E-state index in [9.17, 15) is 13.6 Å². The SMILES string of the molecule is Cc1ccnc(CN(CC(=O)O)Cc2ccc(F)c(F)c2)c1. The van der Waals surface area contributed by atoms with Crippen molar-refractivity contribution in [2.75, 3.05) is 6.54 Å². The van der Waals surface area contributed by atoms with E-state index in [1.807, 2.05) is 19.1 Å². The number of aryl methyl sites for hydroxylation is 1. The Morgan fingerprint density at radius 3 is 2.59 bits per heavy atom. The van der Waals surface area contributed by atoms with Gasteiger partial charge in [-0.2, -0.15) is 0 Å². The summed E-state index contributed by atoms with van der Waals surface area (Å²) in [5.74, 6) is -2.86. The molecular formula is C16H16F2N2O2. The second-order valence-electron chi connectivity index (χ2n) is 5.11. The topological polar surface area (TPSA) is 53.4 Å². The maximum Gasteiger partial charge on any atom is 0.317 e. The third-order valence-corrected chi connectivity index (χ3v) is 3.11. The number of carbonyl (C=O) groups is 1. The Kier molecular flexibility index (Phi) is 5.16. The molecule has 6 heteroatoms. The first kappa shape index (κ1) is 16.0. The molecule has 1 heterocycles. The predicted octanol–water partition coefficient (Wildman–Crippen LogP) is 2.76. The predicted molar refractivity (Wildman–Crippen MR) is 77.1 cm³/mol. The molecule has 22 heavy (non-hydrogen) atoms. The molecule has 0 bridgehead atoms. The first-order valence-electron chi connectivity index (χ1n) is 6.73. The number of aromatic nitrogens is 1. The summed E-state index contributed by atoms with van der Waals surface area (Å²) >= 11 is 0. The fourth-order valence-electron chi connectivity index (χ4n) is 2.17. The summed E-state index contributed by atoms with van der Waals surface area (Å²) < 4.78 is 26.2. The average molecular weight is 306 g/mol. The monoisotopic (exact) mass is 306 g/mol. The Bertz CT molecular complexity index is 677. The maximum atomic E-state index is 13.2. The van der Waals surface area contributed by atoms with Crippen LogP contribution in [0.1, 0.15) is 16.8 Å². The van der Waals surface area contributed by atoms with Gasteiger partial charge in [0.1, 0.15) is 0 Å². The molecule has 0 atom stereocenters. The molecule has 116 valence electrons. The number of carboxylic acid groups (broad SMARTS) is 1. The van der Waals surface area contributed by atoms with E-state index in [1.54, 1.807) is 11.1 Å². The lowest BCUT2D eigenvalue weighted by atomic mass is 10.2. The molecule has 1 aromatic heterocycles. The molecule has 0 saturated carbocycles. The van der Waals surface area contributed by atoms with E-state index in [1.165, 1.54) is 6.07 Å². The maximum absolute atomic E-state index is 13.2. The first-order valence-corrected chi connectivity index (χ1v) is 6.73. The second kappa shape index (κ2) is 7.09. The van der Waals surface area contributed by atoms with Crippen LogP contribution in [0.15, 0.2) is 36.5 Å². The lowest BCUT2D eigenvalue weighted by Gasteiger charge is -2.20. The van der Waals surface area contributed by atoms with Gasteiger partial charge in [-0.3, -0.25) is 14.7 Å². The van der Waals surface area contributed by atoms with Crippen molar-refractivity contribution in [3.8, 4) is 0 Å². The van der Waals surface area contributed by atoms with Crippen LogP contribution in [0.5, 0.6) is 0 Å². The molecular weight excluding hydrogens is 290 g/mol. The number of carboxylic acids is 1. The van der Waals surface area contributed by atoms with E-state index in [2.05, 4.69) is 4.98 Å². The van der Waals surface area contributed by atoms with Crippen molar-refractivity contribution in [1.29, 1.82) is 0 Å². The average Bonchev–Trinajstić information content (AvgIpc) is 2.42. The molecule has 0 spiro atoms. The molecule has 0 amide bonds. The minimum absolute atomic E-state index is 0.194. The van der Waals surface area contributed by atoms with E-state index < -0.39 is 17.6 Å². The molecule has 0 saturated heterocycles. The van der Waals surface area contributed by atoms with E-state index in [-0.39, 0.29) is 13.1 Å². The summed E-state index contributed by atoms with van der Waals surface area (Å²) in [6.07, 6.45) is 1.65. The number of nitrogens with zero attached hydrogens (tertiary/aromatic N) is 2. The summed E-state index contributed by atoms with van der Waals surface area (Å²) in [5.41, 5.74) is 2.25. The first-order chi connectivity index (χ1) is 10.4. The highest BCUT2D eigenvalue weighted by Gasteiger charge is 2.13. The number of rotatable bonds is 6. The lowest BCUT2D eigenvalue weighted by Crippen LogP contribution is -2.29. The quantitative estimate of drug-likeness (QED) is 0.891. The van der Waals surface area contributed by atoms with Crippen LogP contribution in [-0.2, 0) is 17.9 Å². The normalized spacial score (nSPS) is 10.9. The van der Waals surface area contributed by atoms with Crippen molar-refractivity contribution in [3.05, 3.63) is 65.0 Å². The summed E-state index contributed by atoms with van der Waals surface area (Å²) in [6.45, 7) is 2.21. The van der Waals surface area contributed by atoms with E-state index in [0.29, 0.717) is 12.1 Å². The van der Waals surface area contributed by atoms with Gasteiger partial charge >= 0.3 is 5.97 Å². The largest absolute Gasteiger partial charge is 0.480 e. The number of benzene rings is 1. The molecule has 0 aliphatic carbocycles. The zero-order valence-electron chi connectivity index (χ0n) is 12.1. The minimum atomic E-state index is -0.991. The fraction of sp³-hybridized carbons (Fsp3) is 0.250. The summed E-state index contributed by atoms with van der Waals surface area (Å²) in [5, 5.41) is 9.00. The molecule has 0 unspecified atom stereocenters. The Labute approximate surface area is 127 Å². The van der Waals surface area contributed by atoms with Crippen LogP contribution in [0.25, 0.3) is 0 Å². The van der Waals surface area contributed by atoms with Gasteiger partial charge in [0.25, 0.3) is 0 Å². The number of pyridine rings is 1. The van der Waals surface area contributed by atoms with Gasteiger partial charge in [0.05, 0.1) is 12.2 Å². The van der Waals surface area contributed by atoms with Gasteiger partial charge in [0.2, 0.25) is 0 Å². The molecule has 4 nitrogen and oxygen atoms in total. The van der Waals surface area contributed by atoms with Crippen molar-refractivity contribution in [3.63, 3.8) is 0 Å². The zero-order valence-corrected chi connectivity index (χ0v) is 12.1. The van der Waals surface area contributed by atoms with Gasteiger partial charge in [0.15, 0.2) is 11.6 Å². The van der Waals surface area contributed by atoms with E-state index in [0.717, 1.165) is 23.4 Å². The molecule has 0 radical (unpaired) electrons. The Morgan fingerprint density at radius 1 is 1.18 bits per heavy atom. The van der Waals surface area contributed by atoms with Gasteiger partial charge in [0, 0.05) is 19.3 Å². The third kappa shape index (κ3) is 4.60. The van der Waals surface area contributed by atoms with Crippen LogP contribution < -0.4 is 0 Å². The Hall–Kier alpha value is -2.34. The lowest BCUT2D eigenvalue weighted by molar-refractivity contribution is -0.138. The van der Waals surface area contributed by atoms with Crippen LogP contribution in [-0.4, -0.2) is 27.5 Å². The summed E-state index contributed by atoms with van der Waals surface area (Å²) in [7, 11) is 0. The molecule has 1 aromatic carbocycles. The van der Waals surface area contributed by atoms with Crippen molar-refractivity contribution >= 4 is 5.97 Å². The second-order valence-corrected chi connectivity index (χ2v) is 5.11. The van der Waals surface area contributed by atoms with Crippen molar-refractivity contribution in [2.24, 2.45) is 0 Å². The molecule has 0 aliphatic heterocycles. The van der Waals surface area contributed by atoms with Crippen molar-refractivity contribution in [2.45, 2.75) is 20.0 Å². The van der Waals surface area contributed by atoms with Crippen LogP contribution in [0.4, 0.5) is 8.78 Å². The summed E-state index contributed by atoms with van der Waals surface area (Å²) in [6, 6.07) is 7.26. The highest BCUT2D eigenvalue weighted by molar-refractivity contribution is 5.69. The van der Waals surface area contributed by atoms with Crippen molar-refractivity contribution in [1.82, 2.24) is 9.88 Å². The van der Waals surface area contributed by atoms with Gasteiger partial charge in [-0.05, 0) is 42.3 Å². The Balaban J connectivity index is 2.15. The van der Waals surface area contributed by atoms with Crippen LogP contribution in [0, 0.1) is 18.6 Å². The molecule has 0 fully saturated rings. The van der Waals surface area contributed by atoms with Gasteiger partial charge in [-0.25, -0.2) is 8.78 Å². The van der Waals surface area contributed by atoms with Crippen LogP contribution in [0.3, 0.4) is 0 Å². The third-order valence-electron chi connectivity index (χ3n) is 3.11. The molecule has 2 rings (SSSR count). The van der Waals surface area contributed by atoms with Crippen LogP contribution >= 0.6 is 0 Å². The highest BCUT2D eigenvalue weighted by atomic mass is 19.2. The number of hydrogen-bond acceptors (Lipinski definition) is 3. The fourth-order valence-corrected chi connectivity index (χ4v) is 2.17. The standard InChI is InChI=1S/C16H16F2N2O2/c1-11-4-5-19-13(6-11)9-20(10-16(21)22)8-12-2-3-14(17)15(18)7-12/h2-7H,8-10H2,1H3,(H,21,22). The van der Waals surface area contributed by atoms with Gasteiger partial charge in [-0.15, -0.1) is 0 Å². The van der Waals surface area contributed by atoms with E-state index >= 15 is 0 Å².